The second-order valence-corrected chi connectivity index (χ2v) is 4.13. The van der Waals surface area contributed by atoms with Crippen molar-refractivity contribution in [3.8, 4) is 0 Å². The molecule has 0 aliphatic carbocycles. The van der Waals surface area contributed by atoms with E-state index in [2.05, 4.69) is 16.9 Å². The molecular weight excluding hydrogens is 242 g/mol. The summed E-state index contributed by atoms with van der Waals surface area (Å²) in [4.78, 5) is 19.1. The van der Waals surface area contributed by atoms with Crippen LogP contribution in [0.2, 0.25) is 5.02 Å². The minimum absolute atomic E-state index is 0.0140. The number of aromatic carboxylic acids is 1. The number of carboxylic acid groups (broad SMARTS) is 1. The highest BCUT2D eigenvalue weighted by Crippen LogP contribution is 2.24. The van der Waals surface area contributed by atoms with Crippen molar-refractivity contribution in [1.29, 1.82) is 0 Å². The van der Waals surface area contributed by atoms with Crippen molar-refractivity contribution in [2.45, 2.75) is 26.3 Å². The fraction of sp³-hybridized carbons (Fsp3) is 0.364. The van der Waals surface area contributed by atoms with Crippen LogP contribution < -0.4 is 0 Å². The number of carboxylic acids is 1. The summed E-state index contributed by atoms with van der Waals surface area (Å²) in [6.45, 7) is 2.91. The number of aromatic nitrogens is 3. The first-order valence-electron chi connectivity index (χ1n) is 5.37. The molecular formula is C11H12ClN3O2. The van der Waals surface area contributed by atoms with Crippen LogP contribution in [0, 0.1) is 0 Å². The Balaban J connectivity index is 2.50. The van der Waals surface area contributed by atoms with Crippen molar-refractivity contribution >= 4 is 28.7 Å². The molecule has 6 heteroatoms. The molecule has 0 spiro atoms. The number of halogens is 1. The highest BCUT2D eigenvalue weighted by atomic mass is 35.5. The van der Waals surface area contributed by atoms with Gasteiger partial charge in [0.1, 0.15) is 5.52 Å². The molecule has 0 amide bonds. The van der Waals surface area contributed by atoms with Gasteiger partial charge in [0.2, 0.25) is 0 Å². The van der Waals surface area contributed by atoms with Crippen LogP contribution in [-0.2, 0) is 6.54 Å². The van der Waals surface area contributed by atoms with Gasteiger partial charge in [-0.15, -0.1) is 0 Å². The molecule has 0 bridgehead atoms. The van der Waals surface area contributed by atoms with Crippen molar-refractivity contribution in [1.82, 2.24) is 14.5 Å². The molecule has 5 nitrogen and oxygen atoms in total. The molecule has 2 aromatic heterocycles. The van der Waals surface area contributed by atoms with E-state index in [1.165, 1.54) is 6.20 Å². The van der Waals surface area contributed by atoms with Gasteiger partial charge in [-0.1, -0.05) is 24.9 Å². The molecule has 90 valence electrons. The van der Waals surface area contributed by atoms with Gasteiger partial charge in [0.25, 0.3) is 0 Å². The molecule has 2 aromatic rings. The van der Waals surface area contributed by atoms with Crippen molar-refractivity contribution in [2.24, 2.45) is 0 Å². The Hall–Kier alpha value is -1.62. The fourth-order valence-corrected chi connectivity index (χ4v) is 1.88. The molecule has 0 saturated heterocycles. The van der Waals surface area contributed by atoms with E-state index in [0.717, 1.165) is 19.4 Å². The number of aryl methyl sites for hydroxylation is 1. The third kappa shape index (κ3) is 2.10. The molecule has 1 N–H and O–H groups in total. The van der Waals surface area contributed by atoms with Gasteiger partial charge in [0, 0.05) is 12.7 Å². The molecule has 0 aliphatic rings. The molecule has 2 rings (SSSR count). The van der Waals surface area contributed by atoms with Gasteiger partial charge in [-0.25, -0.2) is 14.8 Å². The fourth-order valence-electron chi connectivity index (χ4n) is 1.62. The number of pyridine rings is 1. The van der Waals surface area contributed by atoms with E-state index < -0.39 is 5.97 Å². The Morgan fingerprint density at radius 2 is 2.29 bits per heavy atom. The Labute approximate surface area is 103 Å². The number of carbonyl (C=O) groups is 1. The van der Waals surface area contributed by atoms with E-state index in [1.807, 2.05) is 4.57 Å². The van der Waals surface area contributed by atoms with Gasteiger partial charge < -0.3 is 9.67 Å². The first-order valence-corrected chi connectivity index (χ1v) is 5.75. The van der Waals surface area contributed by atoms with Crippen LogP contribution in [0.3, 0.4) is 0 Å². The van der Waals surface area contributed by atoms with Crippen molar-refractivity contribution in [3.05, 3.63) is 23.1 Å². The minimum Gasteiger partial charge on any atom is -0.478 e. The van der Waals surface area contributed by atoms with Crippen molar-refractivity contribution in [3.63, 3.8) is 0 Å². The summed E-state index contributed by atoms with van der Waals surface area (Å²) in [5.74, 6) is -1.09. The number of imidazole rings is 1. The molecule has 0 radical (unpaired) electrons. The van der Waals surface area contributed by atoms with Crippen LogP contribution >= 0.6 is 11.6 Å². The molecule has 0 aliphatic heterocycles. The minimum atomic E-state index is -1.09. The van der Waals surface area contributed by atoms with E-state index in [4.69, 9.17) is 16.7 Å². The normalized spacial score (nSPS) is 10.9. The van der Waals surface area contributed by atoms with E-state index in [1.54, 1.807) is 6.33 Å². The smallest absolute Gasteiger partial charge is 0.338 e. The van der Waals surface area contributed by atoms with Gasteiger partial charge in [-0.3, -0.25) is 0 Å². The summed E-state index contributed by atoms with van der Waals surface area (Å²) in [6, 6.07) is 0. The van der Waals surface area contributed by atoms with Crippen LogP contribution in [0.4, 0.5) is 0 Å². The molecule has 2 heterocycles. The Kier molecular flexibility index (Phi) is 3.28. The molecule has 0 saturated carbocycles. The second kappa shape index (κ2) is 4.71. The molecule has 0 atom stereocenters. The van der Waals surface area contributed by atoms with Crippen LogP contribution in [0.5, 0.6) is 0 Å². The highest BCUT2D eigenvalue weighted by molar-refractivity contribution is 6.37. The lowest BCUT2D eigenvalue weighted by Crippen LogP contribution is -2.01. The summed E-state index contributed by atoms with van der Waals surface area (Å²) < 4.78 is 1.89. The summed E-state index contributed by atoms with van der Waals surface area (Å²) in [5, 5.41) is 9.07. The lowest BCUT2D eigenvalue weighted by atomic mass is 10.2. The number of unbranched alkanes of at least 4 members (excludes halogenated alkanes) is 1. The van der Waals surface area contributed by atoms with Gasteiger partial charge in [0.05, 0.1) is 16.9 Å². The summed E-state index contributed by atoms with van der Waals surface area (Å²) in [5.41, 5.74) is 1.07. The third-order valence-corrected chi connectivity index (χ3v) is 2.94. The zero-order valence-electron chi connectivity index (χ0n) is 9.35. The molecule has 0 unspecified atom stereocenters. The maximum absolute atomic E-state index is 10.9. The standard InChI is InChI=1S/C11H12ClN3O2/c1-2-3-4-15-6-14-9-8(12)7(11(16)17)5-13-10(9)15/h5-6H,2-4H2,1H3,(H,16,17). The second-order valence-electron chi connectivity index (χ2n) is 3.75. The topological polar surface area (TPSA) is 68.0 Å². The zero-order chi connectivity index (χ0) is 12.4. The summed E-state index contributed by atoms with van der Waals surface area (Å²) >= 11 is 5.99. The average molecular weight is 254 g/mol. The lowest BCUT2D eigenvalue weighted by molar-refractivity contribution is 0.0697. The van der Waals surface area contributed by atoms with Crippen LogP contribution in [0.15, 0.2) is 12.5 Å². The summed E-state index contributed by atoms with van der Waals surface area (Å²) in [6.07, 6.45) is 5.01. The third-order valence-electron chi connectivity index (χ3n) is 2.55. The number of hydrogen-bond donors (Lipinski definition) is 1. The quantitative estimate of drug-likeness (QED) is 0.909. The van der Waals surface area contributed by atoms with Gasteiger partial charge in [-0.05, 0) is 6.42 Å². The predicted octanol–water partition coefficient (Wildman–Crippen LogP) is 2.58. The number of fused-ring (bicyclic) bond motifs is 1. The van der Waals surface area contributed by atoms with Gasteiger partial charge in [-0.2, -0.15) is 0 Å². The molecule has 17 heavy (non-hydrogen) atoms. The number of hydrogen-bond acceptors (Lipinski definition) is 3. The summed E-state index contributed by atoms with van der Waals surface area (Å²) in [7, 11) is 0. The van der Waals surface area contributed by atoms with Gasteiger partial charge in [0.15, 0.2) is 5.65 Å². The molecule has 0 aromatic carbocycles. The molecule has 0 fully saturated rings. The van der Waals surface area contributed by atoms with E-state index in [9.17, 15) is 4.79 Å². The van der Waals surface area contributed by atoms with E-state index in [0.29, 0.717) is 11.2 Å². The first kappa shape index (κ1) is 11.9. The number of rotatable bonds is 4. The van der Waals surface area contributed by atoms with Crippen molar-refractivity contribution in [2.75, 3.05) is 0 Å². The maximum atomic E-state index is 10.9. The zero-order valence-corrected chi connectivity index (χ0v) is 10.1. The Morgan fingerprint density at radius 3 is 2.94 bits per heavy atom. The predicted molar refractivity (Wildman–Crippen MR) is 64.4 cm³/mol. The lowest BCUT2D eigenvalue weighted by Gasteiger charge is -2.03. The monoisotopic (exact) mass is 253 g/mol. The number of nitrogens with zero attached hydrogens (tertiary/aromatic N) is 3. The maximum Gasteiger partial charge on any atom is 0.338 e. The largest absolute Gasteiger partial charge is 0.478 e. The van der Waals surface area contributed by atoms with Crippen LogP contribution in [-0.4, -0.2) is 25.6 Å². The average Bonchev–Trinajstić information content (AvgIpc) is 2.70. The SMILES string of the molecule is CCCCn1cnc2c(Cl)c(C(=O)O)cnc21. The van der Waals surface area contributed by atoms with E-state index in [-0.39, 0.29) is 10.6 Å². The van der Waals surface area contributed by atoms with Crippen LogP contribution in [0.25, 0.3) is 11.2 Å². The first-order chi connectivity index (χ1) is 8.15. The Bertz CT molecular complexity index is 565. The Morgan fingerprint density at radius 1 is 1.53 bits per heavy atom. The van der Waals surface area contributed by atoms with Crippen molar-refractivity contribution < 1.29 is 9.90 Å². The van der Waals surface area contributed by atoms with Gasteiger partial charge >= 0.3 is 5.97 Å². The van der Waals surface area contributed by atoms with Crippen LogP contribution in [0.1, 0.15) is 30.1 Å². The highest BCUT2D eigenvalue weighted by Gasteiger charge is 2.15. The van der Waals surface area contributed by atoms with E-state index >= 15 is 0 Å².